The number of carbonyl (C=O) groups is 2. The molecule has 0 aromatic heterocycles. The Morgan fingerprint density at radius 2 is 1.00 bits per heavy atom. The number of benzene rings is 2. The third-order valence-electron chi connectivity index (χ3n) is 6.98. The zero-order chi connectivity index (χ0) is 28.7. The maximum atomic E-state index is 12.6. The van der Waals surface area contributed by atoms with Crippen LogP contribution >= 0.6 is 0 Å². The number of allylic oxidation sites excluding steroid dienone is 2. The van der Waals surface area contributed by atoms with E-state index in [0.29, 0.717) is 6.42 Å². The Balaban J connectivity index is 1.91. The van der Waals surface area contributed by atoms with Crippen LogP contribution in [0.2, 0.25) is 0 Å². The van der Waals surface area contributed by atoms with Gasteiger partial charge in [0.15, 0.2) is 0 Å². The first-order chi connectivity index (χ1) is 17.6. The Morgan fingerprint density at radius 3 is 1.26 bits per heavy atom. The molecule has 38 heavy (non-hydrogen) atoms. The van der Waals surface area contributed by atoms with E-state index in [2.05, 4.69) is 23.8 Å². The van der Waals surface area contributed by atoms with Gasteiger partial charge in [-0.05, 0) is 70.2 Å². The normalized spacial score (nSPS) is 11.9. The van der Waals surface area contributed by atoms with Crippen LogP contribution in [-0.2, 0) is 20.6 Å². The van der Waals surface area contributed by atoms with E-state index in [1.165, 1.54) is 0 Å². The highest BCUT2D eigenvalue weighted by atomic mass is 16.6. The second-order valence-corrected chi connectivity index (χ2v) is 11.5. The van der Waals surface area contributed by atoms with E-state index < -0.39 is 28.7 Å². The monoisotopic (exact) mass is 520 g/mol. The summed E-state index contributed by atoms with van der Waals surface area (Å²) in [6.45, 7) is 23.6. The van der Waals surface area contributed by atoms with Crippen molar-refractivity contribution >= 4 is 23.3 Å². The largest absolute Gasteiger partial charge is 0.449 e. The standard InChI is InChI=1S/C32H44N2O4/c1-11-32(10,20-37-28(35)33-30(6,7)26-16-12-24(13-17-26)22(2)3)21-38-29(36)34-31(8,9)27-18-14-25(15-19-27)23(4)5/h12-19H,2,4,11,20-21H2,1,3,5-10H3,(H,33,35)(H,34,36). The lowest BCUT2D eigenvalue weighted by Crippen LogP contribution is -2.44. The quantitative estimate of drug-likeness (QED) is 0.317. The van der Waals surface area contributed by atoms with E-state index in [1.807, 2.05) is 104 Å². The van der Waals surface area contributed by atoms with E-state index >= 15 is 0 Å². The number of nitrogens with one attached hydrogen (secondary N) is 2. The van der Waals surface area contributed by atoms with E-state index in [0.717, 1.165) is 33.4 Å². The maximum Gasteiger partial charge on any atom is 0.407 e. The Morgan fingerprint density at radius 1 is 0.684 bits per heavy atom. The molecule has 0 atom stereocenters. The molecule has 0 radical (unpaired) electrons. The summed E-state index contributed by atoms with van der Waals surface area (Å²) in [4.78, 5) is 25.3. The van der Waals surface area contributed by atoms with Crippen molar-refractivity contribution in [3.05, 3.63) is 83.9 Å². The number of rotatable bonds is 11. The van der Waals surface area contributed by atoms with Gasteiger partial charge in [0.1, 0.15) is 13.2 Å². The Bertz CT molecular complexity index is 1060. The lowest BCUT2D eigenvalue weighted by molar-refractivity contribution is 0.0300. The van der Waals surface area contributed by atoms with Crippen molar-refractivity contribution in [3.8, 4) is 0 Å². The molecule has 0 aliphatic carbocycles. The van der Waals surface area contributed by atoms with Gasteiger partial charge in [-0.1, -0.05) is 86.7 Å². The van der Waals surface area contributed by atoms with Gasteiger partial charge in [0, 0.05) is 5.41 Å². The average Bonchev–Trinajstić information content (AvgIpc) is 2.86. The second kappa shape index (κ2) is 12.3. The summed E-state index contributed by atoms with van der Waals surface area (Å²) in [6.07, 6.45) is -0.393. The van der Waals surface area contributed by atoms with Gasteiger partial charge in [0.2, 0.25) is 0 Å². The minimum atomic E-state index is -0.627. The zero-order valence-electron chi connectivity index (χ0n) is 24.3. The smallest absolute Gasteiger partial charge is 0.407 e. The van der Waals surface area contributed by atoms with Gasteiger partial charge in [0.05, 0.1) is 11.1 Å². The first-order valence-corrected chi connectivity index (χ1v) is 13.0. The third kappa shape index (κ3) is 8.51. The highest BCUT2D eigenvalue weighted by molar-refractivity contribution is 5.70. The molecule has 2 rings (SSSR count). The summed E-state index contributed by atoms with van der Waals surface area (Å²) in [5.41, 5.74) is 4.20. The number of amides is 2. The van der Waals surface area contributed by atoms with Crippen molar-refractivity contribution < 1.29 is 19.1 Å². The maximum absolute atomic E-state index is 12.6. The predicted molar refractivity (Wildman–Crippen MR) is 156 cm³/mol. The molecule has 0 bridgehead atoms. The summed E-state index contributed by atoms with van der Waals surface area (Å²) < 4.78 is 11.1. The van der Waals surface area contributed by atoms with E-state index in [4.69, 9.17) is 9.47 Å². The van der Waals surface area contributed by atoms with Crippen LogP contribution in [-0.4, -0.2) is 25.4 Å². The number of hydrogen-bond donors (Lipinski definition) is 2. The number of alkyl carbamates (subject to hydrolysis) is 2. The molecule has 0 unspecified atom stereocenters. The first kappa shape index (κ1) is 30.7. The Labute approximate surface area is 228 Å². The average molecular weight is 521 g/mol. The minimum absolute atomic E-state index is 0.110. The molecule has 2 aromatic carbocycles. The van der Waals surface area contributed by atoms with Gasteiger partial charge in [-0.25, -0.2) is 9.59 Å². The van der Waals surface area contributed by atoms with Gasteiger partial charge in [0.25, 0.3) is 0 Å². The summed E-state index contributed by atoms with van der Waals surface area (Å²) >= 11 is 0. The van der Waals surface area contributed by atoms with Crippen LogP contribution in [0, 0.1) is 5.41 Å². The highest BCUT2D eigenvalue weighted by Crippen LogP contribution is 2.26. The molecule has 0 saturated carbocycles. The van der Waals surface area contributed by atoms with Crippen molar-refractivity contribution in [2.45, 2.75) is 72.9 Å². The molecule has 2 aromatic rings. The number of hydrogen-bond acceptors (Lipinski definition) is 4. The van der Waals surface area contributed by atoms with Gasteiger partial charge in [-0.3, -0.25) is 0 Å². The van der Waals surface area contributed by atoms with Gasteiger partial charge < -0.3 is 20.1 Å². The lowest BCUT2D eigenvalue weighted by Gasteiger charge is -2.31. The molecular formula is C32H44N2O4. The summed E-state index contributed by atoms with van der Waals surface area (Å²) in [5, 5.41) is 5.87. The highest BCUT2D eigenvalue weighted by Gasteiger charge is 2.30. The van der Waals surface area contributed by atoms with Gasteiger partial charge in [-0.15, -0.1) is 0 Å². The second-order valence-electron chi connectivity index (χ2n) is 11.5. The fourth-order valence-electron chi connectivity index (χ4n) is 3.79. The summed E-state index contributed by atoms with van der Waals surface area (Å²) in [6, 6.07) is 15.9. The van der Waals surface area contributed by atoms with Crippen LogP contribution in [0.1, 0.15) is 84.1 Å². The van der Waals surface area contributed by atoms with Crippen molar-refractivity contribution in [1.29, 1.82) is 0 Å². The minimum Gasteiger partial charge on any atom is -0.449 e. The molecule has 6 heteroatoms. The molecule has 206 valence electrons. The zero-order valence-corrected chi connectivity index (χ0v) is 24.3. The molecule has 0 heterocycles. The van der Waals surface area contributed by atoms with Crippen molar-refractivity contribution in [1.82, 2.24) is 10.6 Å². The van der Waals surface area contributed by atoms with Crippen molar-refractivity contribution in [2.75, 3.05) is 13.2 Å². The summed E-state index contributed by atoms with van der Waals surface area (Å²) in [7, 11) is 0. The van der Waals surface area contributed by atoms with Crippen molar-refractivity contribution in [2.24, 2.45) is 5.41 Å². The SMILES string of the molecule is C=C(C)c1ccc(C(C)(C)NC(=O)OCC(C)(CC)COC(=O)NC(C)(C)c2ccc(C(=C)C)cc2)cc1. The van der Waals surface area contributed by atoms with E-state index in [-0.39, 0.29) is 13.2 Å². The van der Waals surface area contributed by atoms with Crippen LogP contribution in [0.3, 0.4) is 0 Å². The van der Waals surface area contributed by atoms with E-state index in [9.17, 15) is 9.59 Å². The molecule has 6 nitrogen and oxygen atoms in total. The Kier molecular flexibility index (Phi) is 9.96. The molecule has 0 aliphatic rings. The molecule has 2 amide bonds. The van der Waals surface area contributed by atoms with Crippen LogP contribution in [0.4, 0.5) is 9.59 Å². The number of carbonyl (C=O) groups excluding carboxylic acids is 2. The van der Waals surface area contributed by atoms with Gasteiger partial charge >= 0.3 is 12.2 Å². The van der Waals surface area contributed by atoms with Crippen LogP contribution in [0.5, 0.6) is 0 Å². The van der Waals surface area contributed by atoms with Crippen LogP contribution in [0.15, 0.2) is 61.7 Å². The molecule has 0 saturated heterocycles. The van der Waals surface area contributed by atoms with Gasteiger partial charge in [-0.2, -0.15) is 0 Å². The fraction of sp³-hybridized carbons (Fsp3) is 0.438. The molecular weight excluding hydrogens is 476 g/mol. The fourth-order valence-corrected chi connectivity index (χ4v) is 3.79. The number of ether oxygens (including phenoxy) is 2. The topological polar surface area (TPSA) is 76.7 Å². The molecule has 0 fully saturated rings. The van der Waals surface area contributed by atoms with Crippen LogP contribution in [0.25, 0.3) is 11.1 Å². The van der Waals surface area contributed by atoms with Crippen molar-refractivity contribution in [3.63, 3.8) is 0 Å². The Hall–Kier alpha value is -3.54. The molecule has 2 N–H and O–H groups in total. The first-order valence-electron chi connectivity index (χ1n) is 13.0. The molecule has 0 aliphatic heterocycles. The third-order valence-corrected chi connectivity index (χ3v) is 6.98. The van der Waals surface area contributed by atoms with Crippen LogP contribution < -0.4 is 10.6 Å². The van der Waals surface area contributed by atoms with E-state index in [1.54, 1.807) is 0 Å². The predicted octanol–water partition coefficient (Wildman–Crippen LogP) is 7.79. The molecule has 0 spiro atoms. The summed E-state index contributed by atoms with van der Waals surface area (Å²) in [5.74, 6) is 0. The lowest BCUT2D eigenvalue weighted by atomic mass is 9.90.